The van der Waals surface area contributed by atoms with E-state index < -0.39 is 27.3 Å². The Morgan fingerprint density at radius 1 is 0.758 bits per heavy atom. The highest BCUT2D eigenvalue weighted by molar-refractivity contribution is 9.10. The molecular weight excluding hydrogens is 504 g/mol. The second-order valence-corrected chi connectivity index (χ2v) is 7.06. The Morgan fingerprint density at radius 2 is 1.21 bits per heavy atom. The highest BCUT2D eigenvalue weighted by Gasteiger charge is 2.24. The number of carbonyl (C=O) groups excluding carboxylic acids is 2. The van der Waals surface area contributed by atoms with Crippen molar-refractivity contribution in [3.8, 4) is 0 Å². The number of hydrogen-bond donors (Lipinski definition) is 4. The molecule has 0 aliphatic heterocycles. The van der Waals surface area contributed by atoms with Gasteiger partial charge in [-0.05, 0) is 36.4 Å². The summed E-state index contributed by atoms with van der Waals surface area (Å²) < 4.78 is 0.768. The third-order valence-electron chi connectivity index (χ3n) is 4.04. The van der Waals surface area contributed by atoms with Crippen molar-refractivity contribution >= 4 is 50.8 Å². The van der Waals surface area contributed by atoms with E-state index in [2.05, 4.69) is 47.6 Å². The Labute approximate surface area is 192 Å². The fourth-order valence-electron chi connectivity index (χ4n) is 2.45. The first-order valence-electron chi connectivity index (χ1n) is 8.88. The molecule has 0 aliphatic rings. The van der Waals surface area contributed by atoms with Gasteiger partial charge in [-0.25, -0.2) is 9.97 Å². The van der Waals surface area contributed by atoms with Crippen LogP contribution in [0.4, 0.5) is 23.0 Å². The molecule has 0 saturated carbocycles. The lowest BCUT2D eigenvalue weighted by molar-refractivity contribution is -0.384. The number of non-ortho nitro benzene ring substituents is 1. The van der Waals surface area contributed by atoms with E-state index >= 15 is 0 Å². The number of benzene rings is 2. The van der Waals surface area contributed by atoms with Crippen LogP contribution >= 0.6 is 15.9 Å². The number of carbonyl (C=O) groups is 2. The van der Waals surface area contributed by atoms with E-state index in [1.165, 1.54) is 24.3 Å². The molecule has 0 spiro atoms. The average molecular weight is 517 g/mol. The fraction of sp³-hybridized carbons (Fsp3) is 0. The fourth-order valence-corrected chi connectivity index (χ4v) is 2.71. The molecular formula is C18H13BrN8O6. The molecule has 1 heterocycles. The Hall–Kier alpha value is -4.66. The van der Waals surface area contributed by atoms with Gasteiger partial charge < -0.3 is 0 Å². The van der Waals surface area contributed by atoms with Gasteiger partial charge in [0.25, 0.3) is 17.5 Å². The van der Waals surface area contributed by atoms with Crippen LogP contribution in [0.1, 0.15) is 20.7 Å². The third kappa shape index (κ3) is 5.73. The third-order valence-corrected chi connectivity index (χ3v) is 4.57. The molecule has 0 atom stereocenters. The average Bonchev–Trinajstić information content (AvgIpc) is 2.81. The molecule has 15 heteroatoms. The van der Waals surface area contributed by atoms with Crippen molar-refractivity contribution in [1.29, 1.82) is 0 Å². The second-order valence-electron chi connectivity index (χ2n) is 6.15. The smallest absolute Gasteiger partial charge is 0.276 e. The monoisotopic (exact) mass is 516 g/mol. The number of nitro benzene ring substituents is 1. The lowest BCUT2D eigenvalue weighted by Gasteiger charge is -2.11. The Bertz CT molecular complexity index is 1220. The van der Waals surface area contributed by atoms with Gasteiger partial charge in [0, 0.05) is 27.7 Å². The van der Waals surface area contributed by atoms with Gasteiger partial charge >= 0.3 is 5.69 Å². The summed E-state index contributed by atoms with van der Waals surface area (Å²) in [5.74, 6) is -2.01. The summed E-state index contributed by atoms with van der Waals surface area (Å²) in [5.41, 5.74) is 8.67. The zero-order chi connectivity index (χ0) is 24.0. The van der Waals surface area contributed by atoms with Crippen molar-refractivity contribution in [3.63, 3.8) is 0 Å². The minimum Gasteiger partial charge on any atom is -0.276 e. The van der Waals surface area contributed by atoms with Crippen molar-refractivity contribution in [1.82, 2.24) is 20.8 Å². The molecule has 0 radical (unpaired) electrons. The number of amides is 2. The largest absolute Gasteiger partial charge is 0.356 e. The molecule has 3 aromatic rings. The van der Waals surface area contributed by atoms with E-state index in [1.807, 2.05) is 0 Å². The standard InChI is InChI=1S/C18H13BrN8O6/c19-12-5-1-10(2-6-12)17(28)24-22-15-14(27(32)33)16(21-9-20-15)23-25-18(29)11-3-7-13(8-4-11)26(30)31/h1-9H,(H,24,28)(H,25,29)(H2,20,21,22,23). The molecule has 0 unspecified atom stereocenters. The van der Waals surface area contributed by atoms with E-state index in [0.29, 0.717) is 0 Å². The number of rotatable bonds is 8. The quantitative estimate of drug-likeness (QED) is 0.255. The summed E-state index contributed by atoms with van der Waals surface area (Å²) in [7, 11) is 0. The van der Waals surface area contributed by atoms with E-state index in [-0.39, 0.29) is 28.5 Å². The van der Waals surface area contributed by atoms with Crippen LogP contribution < -0.4 is 21.7 Å². The zero-order valence-electron chi connectivity index (χ0n) is 16.3. The molecule has 0 aliphatic carbocycles. The molecule has 1 aromatic heterocycles. The first kappa shape index (κ1) is 23.0. The number of hydrazine groups is 2. The van der Waals surface area contributed by atoms with Gasteiger partial charge in [0.2, 0.25) is 11.6 Å². The van der Waals surface area contributed by atoms with Gasteiger partial charge in [-0.15, -0.1) is 0 Å². The minimum atomic E-state index is -0.811. The molecule has 168 valence electrons. The van der Waals surface area contributed by atoms with Crippen LogP contribution in [0.15, 0.2) is 59.3 Å². The summed E-state index contributed by atoms with van der Waals surface area (Å²) in [4.78, 5) is 52.8. The number of hydrogen-bond acceptors (Lipinski definition) is 10. The summed E-state index contributed by atoms with van der Waals surface area (Å²) in [6.45, 7) is 0. The minimum absolute atomic E-state index is 0.0601. The predicted octanol–water partition coefficient (Wildman–Crippen LogP) is 2.57. The summed E-state index contributed by atoms with van der Waals surface area (Å²) in [5, 5.41) is 22.3. The van der Waals surface area contributed by atoms with Crippen LogP contribution in [0.5, 0.6) is 0 Å². The number of nitro groups is 2. The number of nitrogens with zero attached hydrogens (tertiary/aromatic N) is 4. The summed E-state index contributed by atoms with van der Waals surface area (Å²) in [6, 6.07) is 11.1. The lowest BCUT2D eigenvalue weighted by atomic mass is 10.2. The van der Waals surface area contributed by atoms with Gasteiger partial charge in [0.15, 0.2) is 0 Å². The van der Waals surface area contributed by atoms with Crippen LogP contribution in [0.3, 0.4) is 0 Å². The van der Waals surface area contributed by atoms with Crippen molar-refractivity contribution in [2.45, 2.75) is 0 Å². The highest BCUT2D eigenvalue weighted by Crippen LogP contribution is 2.27. The van der Waals surface area contributed by atoms with Crippen molar-refractivity contribution in [2.75, 3.05) is 10.9 Å². The normalized spacial score (nSPS) is 10.1. The molecule has 0 saturated heterocycles. The molecule has 14 nitrogen and oxygen atoms in total. The first-order valence-corrected chi connectivity index (χ1v) is 9.67. The van der Waals surface area contributed by atoms with Crippen molar-refractivity contribution in [3.05, 3.63) is 90.7 Å². The summed E-state index contributed by atoms with van der Waals surface area (Å²) in [6.07, 6.45) is 0.974. The molecule has 3 rings (SSSR count). The maximum atomic E-state index is 12.2. The number of anilines is 2. The molecule has 4 N–H and O–H groups in total. The maximum Gasteiger partial charge on any atom is 0.356 e. The van der Waals surface area contributed by atoms with Crippen molar-refractivity contribution in [2.24, 2.45) is 0 Å². The number of nitrogens with one attached hydrogen (secondary N) is 4. The van der Waals surface area contributed by atoms with Crippen molar-refractivity contribution < 1.29 is 19.4 Å². The maximum absolute atomic E-state index is 12.2. The van der Waals surface area contributed by atoms with E-state index in [9.17, 15) is 29.8 Å². The van der Waals surface area contributed by atoms with Crippen LogP contribution in [-0.2, 0) is 0 Å². The lowest BCUT2D eigenvalue weighted by Crippen LogP contribution is -2.32. The van der Waals surface area contributed by atoms with Gasteiger partial charge in [-0.1, -0.05) is 15.9 Å². The Kier molecular flexibility index (Phi) is 7.04. The molecule has 0 bridgehead atoms. The van der Waals surface area contributed by atoms with Gasteiger partial charge in [-0.2, -0.15) is 0 Å². The molecule has 2 aromatic carbocycles. The Balaban J connectivity index is 1.71. The van der Waals surface area contributed by atoms with Crippen LogP contribution in [0, 0.1) is 20.2 Å². The SMILES string of the molecule is O=C(NNc1ncnc(NNC(=O)c2ccc([N+](=O)[O-])cc2)c1[N+](=O)[O-])c1ccc(Br)cc1. The molecule has 33 heavy (non-hydrogen) atoms. The van der Waals surface area contributed by atoms with E-state index in [1.54, 1.807) is 12.1 Å². The number of aromatic nitrogens is 2. The first-order chi connectivity index (χ1) is 15.8. The predicted molar refractivity (Wildman–Crippen MR) is 118 cm³/mol. The van der Waals surface area contributed by atoms with Crippen LogP contribution in [0.25, 0.3) is 0 Å². The molecule has 0 fully saturated rings. The second kappa shape index (κ2) is 10.1. The van der Waals surface area contributed by atoms with E-state index in [0.717, 1.165) is 22.9 Å². The highest BCUT2D eigenvalue weighted by atomic mass is 79.9. The Morgan fingerprint density at radius 3 is 1.64 bits per heavy atom. The van der Waals surface area contributed by atoms with Gasteiger partial charge in [0.1, 0.15) is 6.33 Å². The van der Waals surface area contributed by atoms with Crippen LogP contribution in [-0.4, -0.2) is 31.6 Å². The van der Waals surface area contributed by atoms with Crippen LogP contribution in [0.2, 0.25) is 0 Å². The van der Waals surface area contributed by atoms with E-state index in [4.69, 9.17) is 0 Å². The topological polar surface area (TPSA) is 194 Å². The van der Waals surface area contributed by atoms with Gasteiger partial charge in [0.05, 0.1) is 9.85 Å². The number of halogens is 1. The summed E-state index contributed by atoms with van der Waals surface area (Å²) >= 11 is 3.25. The molecule has 2 amide bonds. The van der Waals surface area contributed by atoms with Gasteiger partial charge in [-0.3, -0.25) is 51.5 Å². The zero-order valence-corrected chi connectivity index (χ0v) is 17.9.